The molecule has 0 aromatic rings. The summed E-state index contributed by atoms with van der Waals surface area (Å²) in [5, 5.41) is 0. The van der Waals surface area contributed by atoms with E-state index in [1.54, 1.807) is 24.6 Å². The predicted molar refractivity (Wildman–Crippen MR) is 91.3 cm³/mol. The minimum atomic E-state index is -0.436. The van der Waals surface area contributed by atoms with Gasteiger partial charge in [0.1, 0.15) is 0 Å². The molecule has 1 aliphatic rings. The summed E-state index contributed by atoms with van der Waals surface area (Å²) in [6, 6.07) is 0. The normalized spacial score (nSPS) is 21.7. The van der Waals surface area contributed by atoms with Gasteiger partial charge in [-0.15, -0.1) is 0 Å². The SMILES string of the molecule is C=C\C=C/C=C\C=N/C=C(\C=C)B1OC(C)(C)C(C)(C)O1. The first kappa shape index (κ1) is 17.4. The van der Waals surface area contributed by atoms with Crippen LogP contribution in [0.25, 0.3) is 0 Å². The second kappa shape index (κ2) is 7.39. The quantitative estimate of drug-likeness (QED) is 0.418. The monoisotopic (exact) mass is 285 g/mol. The molecule has 0 atom stereocenters. The molecule has 0 N–H and O–H groups in total. The van der Waals surface area contributed by atoms with E-state index in [2.05, 4.69) is 18.2 Å². The molecular weight excluding hydrogens is 261 g/mol. The largest absolute Gasteiger partial charge is 0.496 e. The van der Waals surface area contributed by atoms with Crippen LogP contribution in [0.2, 0.25) is 0 Å². The van der Waals surface area contributed by atoms with Crippen molar-refractivity contribution in [3.05, 3.63) is 61.3 Å². The zero-order valence-electron chi connectivity index (χ0n) is 13.4. The summed E-state index contributed by atoms with van der Waals surface area (Å²) in [6.07, 6.45) is 14.3. The van der Waals surface area contributed by atoms with E-state index >= 15 is 0 Å². The molecule has 0 aromatic heterocycles. The van der Waals surface area contributed by atoms with Crippen LogP contribution in [0.5, 0.6) is 0 Å². The van der Waals surface area contributed by atoms with Gasteiger partial charge in [-0.1, -0.05) is 43.5 Å². The molecule has 1 aliphatic heterocycles. The molecule has 0 aliphatic carbocycles. The van der Waals surface area contributed by atoms with Crippen molar-refractivity contribution in [2.24, 2.45) is 4.99 Å². The van der Waals surface area contributed by atoms with Crippen LogP contribution < -0.4 is 0 Å². The molecule has 21 heavy (non-hydrogen) atoms. The van der Waals surface area contributed by atoms with E-state index in [0.29, 0.717) is 0 Å². The first-order valence-electron chi connectivity index (χ1n) is 7.00. The van der Waals surface area contributed by atoms with Gasteiger partial charge in [0, 0.05) is 17.9 Å². The van der Waals surface area contributed by atoms with Gasteiger partial charge in [0.05, 0.1) is 11.2 Å². The van der Waals surface area contributed by atoms with Gasteiger partial charge in [0.2, 0.25) is 0 Å². The van der Waals surface area contributed by atoms with Gasteiger partial charge in [0.15, 0.2) is 0 Å². The fourth-order valence-corrected chi connectivity index (χ4v) is 1.62. The van der Waals surface area contributed by atoms with Crippen LogP contribution in [0.3, 0.4) is 0 Å². The van der Waals surface area contributed by atoms with Crippen molar-refractivity contribution in [3.8, 4) is 0 Å². The summed E-state index contributed by atoms with van der Waals surface area (Å²) in [5.74, 6) is 0. The minimum Gasteiger partial charge on any atom is -0.399 e. The van der Waals surface area contributed by atoms with Crippen molar-refractivity contribution in [3.63, 3.8) is 0 Å². The van der Waals surface area contributed by atoms with Gasteiger partial charge in [-0.3, -0.25) is 4.99 Å². The number of allylic oxidation sites excluding steroid dienone is 7. The third-order valence-electron chi connectivity index (χ3n) is 3.63. The van der Waals surface area contributed by atoms with Crippen molar-refractivity contribution in [1.29, 1.82) is 0 Å². The van der Waals surface area contributed by atoms with E-state index in [1.165, 1.54) is 0 Å². The molecule has 0 saturated carbocycles. The highest BCUT2D eigenvalue weighted by Crippen LogP contribution is 2.38. The molecule has 1 heterocycles. The topological polar surface area (TPSA) is 30.8 Å². The summed E-state index contributed by atoms with van der Waals surface area (Å²) < 4.78 is 11.9. The van der Waals surface area contributed by atoms with Gasteiger partial charge in [-0.2, -0.15) is 0 Å². The van der Waals surface area contributed by atoms with Gasteiger partial charge >= 0.3 is 7.12 Å². The lowest BCUT2D eigenvalue weighted by molar-refractivity contribution is 0.00578. The Kier molecular flexibility index (Phi) is 6.12. The summed E-state index contributed by atoms with van der Waals surface area (Å²) in [5.41, 5.74) is 0.0810. The first-order chi connectivity index (χ1) is 9.84. The Hall–Kier alpha value is -1.65. The molecule has 0 spiro atoms. The van der Waals surface area contributed by atoms with Crippen LogP contribution in [-0.4, -0.2) is 24.5 Å². The lowest BCUT2D eigenvalue weighted by Gasteiger charge is -2.32. The van der Waals surface area contributed by atoms with Crippen molar-refractivity contribution < 1.29 is 9.31 Å². The van der Waals surface area contributed by atoms with E-state index in [9.17, 15) is 0 Å². The number of hydrogen-bond acceptors (Lipinski definition) is 3. The summed E-state index contributed by atoms with van der Waals surface area (Å²) in [4.78, 5) is 4.22. The fraction of sp³-hybridized carbons (Fsp3) is 0.353. The summed E-state index contributed by atoms with van der Waals surface area (Å²) in [6.45, 7) is 15.5. The molecular formula is C17H24BNO2. The minimum absolute atomic E-state index is 0.362. The molecule has 1 saturated heterocycles. The Morgan fingerprint density at radius 3 is 2.05 bits per heavy atom. The van der Waals surface area contributed by atoms with Crippen molar-refractivity contribution in [2.75, 3.05) is 0 Å². The standard InChI is InChI=1S/C17H24BNO2/c1-7-9-10-11-12-13-19-14-15(8-2)18-20-16(3,4)17(5,6)21-18/h7-14H,1-2H2,3-6H3/b10-9-,12-11-,15-14+,19-13-. The third kappa shape index (κ3) is 4.69. The fourth-order valence-electron chi connectivity index (χ4n) is 1.62. The number of aliphatic imine (C=N–C) groups is 1. The Morgan fingerprint density at radius 2 is 1.52 bits per heavy atom. The number of hydrogen-bond donors (Lipinski definition) is 0. The van der Waals surface area contributed by atoms with Crippen molar-refractivity contribution >= 4 is 13.3 Å². The first-order valence-corrected chi connectivity index (χ1v) is 7.00. The molecule has 112 valence electrons. The predicted octanol–water partition coefficient (Wildman–Crippen LogP) is 4.06. The van der Waals surface area contributed by atoms with E-state index in [1.807, 2.05) is 52.0 Å². The highest BCUT2D eigenvalue weighted by atomic mass is 16.7. The Morgan fingerprint density at radius 1 is 0.952 bits per heavy atom. The van der Waals surface area contributed by atoms with Crippen LogP contribution in [0.4, 0.5) is 0 Å². The summed E-state index contributed by atoms with van der Waals surface area (Å²) >= 11 is 0. The van der Waals surface area contributed by atoms with Crippen LogP contribution >= 0.6 is 0 Å². The molecule has 4 heteroatoms. The zero-order valence-corrected chi connectivity index (χ0v) is 13.4. The van der Waals surface area contributed by atoms with Gasteiger partial charge in [-0.05, 0) is 33.8 Å². The average Bonchev–Trinajstić information content (AvgIpc) is 2.61. The van der Waals surface area contributed by atoms with Crippen molar-refractivity contribution in [1.82, 2.24) is 0 Å². The number of nitrogens with zero attached hydrogens (tertiary/aromatic N) is 1. The van der Waals surface area contributed by atoms with Crippen LogP contribution in [-0.2, 0) is 9.31 Å². The molecule has 0 amide bonds. The van der Waals surface area contributed by atoms with Gasteiger partial charge < -0.3 is 9.31 Å². The maximum Gasteiger partial charge on any atom is 0.496 e. The smallest absolute Gasteiger partial charge is 0.399 e. The molecule has 1 fully saturated rings. The second-order valence-electron chi connectivity index (χ2n) is 5.73. The molecule has 0 unspecified atom stereocenters. The average molecular weight is 285 g/mol. The second-order valence-corrected chi connectivity index (χ2v) is 5.73. The highest BCUT2D eigenvalue weighted by molar-refractivity contribution is 6.55. The molecule has 3 nitrogen and oxygen atoms in total. The highest BCUT2D eigenvalue weighted by Gasteiger charge is 2.51. The van der Waals surface area contributed by atoms with Crippen LogP contribution in [0.15, 0.2) is 66.3 Å². The van der Waals surface area contributed by atoms with Crippen LogP contribution in [0, 0.1) is 0 Å². The maximum atomic E-state index is 5.95. The lowest BCUT2D eigenvalue weighted by Crippen LogP contribution is -2.41. The molecule has 0 aromatic carbocycles. The summed E-state index contributed by atoms with van der Waals surface area (Å²) in [7, 11) is -0.436. The van der Waals surface area contributed by atoms with Crippen LogP contribution in [0.1, 0.15) is 27.7 Å². The number of rotatable bonds is 6. The van der Waals surface area contributed by atoms with E-state index in [4.69, 9.17) is 9.31 Å². The Labute approximate surface area is 128 Å². The van der Waals surface area contributed by atoms with Crippen molar-refractivity contribution in [2.45, 2.75) is 38.9 Å². The third-order valence-corrected chi connectivity index (χ3v) is 3.63. The maximum absolute atomic E-state index is 5.95. The van der Waals surface area contributed by atoms with E-state index in [-0.39, 0.29) is 11.2 Å². The van der Waals surface area contributed by atoms with Gasteiger partial charge in [0.25, 0.3) is 0 Å². The van der Waals surface area contributed by atoms with E-state index in [0.717, 1.165) is 5.47 Å². The van der Waals surface area contributed by atoms with E-state index < -0.39 is 7.12 Å². The zero-order chi connectivity index (χ0) is 15.9. The lowest BCUT2D eigenvalue weighted by atomic mass is 9.79. The Bertz CT molecular complexity index is 483. The molecule has 0 radical (unpaired) electrons. The Balaban J connectivity index is 2.72. The molecule has 1 rings (SSSR count). The van der Waals surface area contributed by atoms with Gasteiger partial charge in [-0.25, -0.2) is 0 Å². The molecule has 0 bridgehead atoms.